The van der Waals surface area contributed by atoms with E-state index < -0.39 is 0 Å². The van der Waals surface area contributed by atoms with Gasteiger partial charge in [-0.1, -0.05) is 25.5 Å². The summed E-state index contributed by atoms with van der Waals surface area (Å²) in [5.41, 5.74) is 1.49. The van der Waals surface area contributed by atoms with Crippen LogP contribution in [0.25, 0.3) is 0 Å². The summed E-state index contributed by atoms with van der Waals surface area (Å²) in [6.07, 6.45) is 5.78. The van der Waals surface area contributed by atoms with Crippen molar-refractivity contribution in [2.24, 2.45) is 5.92 Å². The van der Waals surface area contributed by atoms with E-state index in [1.165, 1.54) is 12.0 Å². The first-order chi connectivity index (χ1) is 5.24. The molecule has 0 spiro atoms. The smallest absolute Gasteiger partial charge is 0.136 e. The van der Waals surface area contributed by atoms with Gasteiger partial charge in [0.25, 0.3) is 0 Å². The average Bonchev–Trinajstić information content (AvgIpc) is 2.05. The van der Waals surface area contributed by atoms with Crippen LogP contribution in [0.15, 0.2) is 11.6 Å². The Hall–Kier alpha value is -0.590. The lowest BCUT2D eigenvalue weighted by atomic mass is 9.88. The fraction of sp³-hybridized carbons (Fsp3) is 0.700. The maximum Gasteiger partial charge on any atom is 0.136 e. The molecular weight excluding hydrogens is 136 g/mol. The van der Waals surface area contributed by atoms with Crippen molar-refractivity contribution in [3.63, 3.8) is 0 Å². The Morgan fingerprint density at radius 2 is 2.27 bits per heavy atom. The Labute approximate surface area is 68.5 Å². The summed E-state index contributed by atoms with van der Waals surface area (Å²) in [5, 5.41) is 0. The van der Waals surface area contributed by atoms with Crippen molar-refractivity contribution in [2.45, 2.75) is 39.5 Å². The van der Waals surface area contributed by atoms with Gasteiger partial charge < -0.3 is 0 Å². The summed E-state index contributed by atoms with van der Waals surface area (Å²) in [6.45, 7) is 4.43. The maximum absolute atomic E-state index is 10.9. The molecule has 1 heteroatoms. The number of hydrogen-bond donors (Lipinski definition) is 0. The van der Waals surface area contributed by atoms with Gasteiger partial charge in [-0.25, -0.2) is 0 Å². The van der Waals surface area contributed by atoms with Gasteiger partial charge in [0.05, 0.1) is 0 Å². The summed E-state index contributed by atoms with van der Waals surface area (Å²) in [7, 11) is 0. The molecule has 11 heavy (non-hydrogen) atoms. The molecule has 0 bridgehead atoms. The highest BCUT2D eigenvalue weighted by Gasteiger charge is 2.13. The lowest BCUT2D eigenvalue weighted by molar-refractivity contribution is -0.118. The van der Waals surface area contributed by atoms with Crippen LogP contribution >= 0.6 is 0 Å². The minimum Gasteiger partial charge on any atom is -0.299 e. The van der Waals surface area contributed by atoms with Crippen LogP contribution in [0.2, 0.25) is 0 Å². The molecule has 0 aromatic rings. The molecule has 1 unspecified atom stereocenters. The standard InChI is InChI=1S/C10H16O/c1-3-8(2)9-4-6-10(11)7-5-9/h4,8H,3,5-7H2,1-2H3. The van der Waals surface area contributed by atoms with Gasteiger partial charge in [0, 0.05) is 12.8 Å². The molecule has 0 saturated carbocycles. The minimum atomic E-state index is 0.400. The number of ketones is 1. The quantitative estimate of drug-likeness (QED) is 0.556. The molecule has 0 amide bonds. The van der Waals surface area contributed by atoms with Crippen LogP contribution in [0.1, 0.15) is 39.5 Å². The fourth-order valence-electron chi connectivity index (χ4n) is 1.44. The molecule has 0 heterocycles. The Kier molecular flexibility index (Phi) is 2.86. The lowest BCUT2D eigenvalue weighted by Gasteiger charge is -2.17. The zero-order chi connectivity index (χ0) is 8.27. The Morgan fingerprint density at radius 1 is 1.55 bits per heavy atom. The van der Waals surface area contributed by atoms with Crippen LogP contribution in [0.3, 0.4) is 0 Å². The first-order valence-corrected chi connectivity index (χ1v) is 4.44. The molecule has 0 saturated heterocycles. The van der Waals surface area contributed by atoms with E-state index in [0.717, 1.165) is 12.8 Å². The van der Waals surface area contributed by atoms with E-state index in [-0.39, 0.29) is 0 Å². The molecule has 1 nitrogen and oxygen atoms in total. The van der Waals surface area contributed by atoms with Crippen LogP contribution in [0.4, 0.5) is 0 Å². The third-order valence-electron chi connectivity index (χ3n) is 2.53. The summed E-state index contributed by atoms with van der Waals surface area (Å²) in [5.74, 6) is 1.08. The first kappa shape index (κ1) is 8.51. The highest BCUT2D eigenvalue weighted by molar-refractivity contribution is 5.81. The van der Waals surface area contributed by atoms with Crippen LogP contribution in [0.5, 0.6) is 0 Å². The average molecular weight is 152 g/mol. The Balaban J connectivity index is 2.53. The molecule has 62 valence electrons. The van der Waals surface area contributed by atoms with E-state index in [4.69, 9.17) is 0 Å². The fourth-order valence-corrected chi connectivity index (χ4v) is 1.44. The zero-order valence-corrected chi connectivity index (χ0v) is 7.39. The summed E-state index contributed by atoms with van der Waals surface area (Å²) >= 11 is 0. The molecule has 0 aromatic heterocycles. The van der Waals surface area contributed by atoms with Crippen molar-refractivity contribution in [3.8, 4) is 0 Å². The van der Waals surface area contributed by atoms with Gasteiger partial charge in [0.15, 0.2) is 0 Å². The summed E-state index contributed by atoms with van der Waals surface area (Å²) in [6, 6.07) is 0. The normalized spacial score (nSPS) is 21.3. The number of allylic oxidation sites excluding steroid dienone is 2. The second-order valence-corrected chi connectivity index (χ2v) is 3.33. The largest absolute Gasteiger partial charge is 0.299 e. The third kappa shape index (κ3) is 2.18. The number of rotatable bonds is 2. The van der Waals surface area contributed by atoms with E-state index in [1.807, 2.05) is 0 Å². The topological polar surface area (TPSA) is 17.1 Å². The van der Waals surface area contributed by atoms with Gasteiger partial charge in [0.2, 0.25) is 0 Å². The second-order valence-electron chi connectivity index (χ2n) is 3.33. The van der Waals surface area contributed by atoms with E-state index >= 15 is 0 Å². The molecule has 0 N–H and O–H groups in total. The molecule has 0 radical (unpaired) electrons. The van der Waals surface area contributed by atoms with Gasteiger partial charge in [-0.05, 0) is 18.8 Å². The molecule has 0 aromatic carbocycles. The van der Waals surface area contributed by atoms with E-state index in [2.05, 4.69) is 19.9 Å². The minimum absolute atomic E-state index is 0.400. The monoisotopic (exact) mass is 152 g/mol. The predicted octanol–water partition coefficient (Wildman–Crippen LogP) is 2.71. The Bertz CT molecular complexity index is 179. The highest BCUT2D eigenvalue weighted by Crippen LogP contribution is 2.24. The van der Waals surface area contributed by atoms with Crippen LogP contribution in [0, 0.1) is 5.92 Å². The van der Waals surface area contributed by atoms with Gasteiger partial charge in [-0.2, -0.15) is 0 Å². The predicted molar refractivity (Wildman–Crippen MR) is 46.4 cm³/mol. The van der Waals surface area contributed by atoms with Crippen LogP contribution in [-0.2, 0) is 4.79 Å². The summed E-state index contributed by atoms with van der Waals surface area (Å²) < 4.78 is 0. The van der Waals surface area contributed by atoms with Crippen molar-refractivity contribution in [2.75, 3.05) is 0 Å². The van der Waals surface area contributed by atoms with E-state index in [9.17, 15) is 4.79 Å². The highest BCUT2D eigenvalue weighted by atomic mass is 16.1. The molecule has 1 atom stereocenters. The van der Waals surface area contributed by atoms with Crippen LogP contribution < -0.4 is 0 Å². The number of carbonyl (C=O) groups excluding carboxylic acids is 1. The molecule has 1 aliphatic carbocycles. The van der Waals surface area contributed by atoms with Gasteiger partial charge in [-0.15, -0.1) is 0 Å². The second kappa shape index (κ2) is 3.70. The molecule has 0 fully saturated rings. The van der Waals surface area contributed by atoms with Crippen molar-refractivity contribution in [1.29, 1.82) is 0 Å². The van der Waals surface area contributed by atoms with Crippen molar-refractivity contribution in [1.82, 2.24) is 0 Å². The number of carbonyl (C=O) groups is 1. The van der Waals surface area contributed by atoms with Gasteiger partial charge in [0.1, 0.15) is 5.78 Å². The maximum atomic E-state index is 10.9. The third-order valence-corrected chi connectivity index (χ3v) is 2.53. The Morgan fingerprint density at radius 3 is 2.73 bits per heavy atom. The zero-order valence-electron chi connectivity index (χ0n) is 7.39. The van der Waals surface area contributed by atoms with E-state index in [0.29, 0.717) is 18.1 Å². The van der Waals surface area contributed by atoms with Gasteiger partial charge >= 0.3 is 0 Å². The van der Waals surface area contributed by atoms with Crippen molar-refractivity contribution >= 4 is 5.78 Å². The van der Waals surface area contributed by atoms with Gasteiger partial charge in [-0.3, -0.25) is 4.79 Å². The first-order valence-electron chi connectivity index (χ1n) is 4.44. The molecular formula is C10H16O. The van der Waals surface area contributed by atoms with Crippen molar-refractivity contribution in [3.05, 3.63) is 11.6 Å². The molecule has 1 rings (SSSR count). The number of hydrogen-bond acceptors (Lipinski definition) is 1. The van der Waals surface area contributed by atoms with Crippen LogP contribution in [-0.4, -0.2) is 5.78 Å². The number of Topliss-reactive ketones (excluding diaryl/α,β-unsaturated/α-hetero) is 1. The molecule has 0 aliphatic heterocycles. The lowest BCUT2D eigenvalue weighted by Crippen LogP contribution is -2.08. The van der Waals surface area contributed by atoms with Crippen molar-refractivity contribution < 1.29 is 4.79 Å². The summed E-state index contributed by atoms with van der Waals surface area (Å²) in [4.78, 5) is 10.9. The van der Waals surface area contributed by atoms with E-state index in [1.54, 1.807) is 0 Å². The SMILES string of the molecule is CCC(C)C1=CCC(=O)CC1. The molecule has 1 aliphatic rings.